The average molecular weight is 268 g/mol. The summed E-state index contributed by atoms with van der Waals surface area (Å²) < 4.78 is 0. The van der Waals surface area contributed by atoms with Crippen LogP contribution < -0.4 is 10.2 Å². The Kier molecular flexibility index (Phi) is 4.80. The van der Waals surface area contributed by atoms with Gasteiger partial charge in [0, 0.05) is 24.5 Å². The fourth-order valence-electron chi connectivity index (χ4n) is 2.62. The van der Waals surface area contributed by atoms with Gasteiger partial charge >= 0.3 is 0 Å². The first-order valence-corrected chi connectivity index (χ1v) is 7.24. The minimum Gasteiger partial charge on any atom is -0.344 e. The third-order valence-corrected chi connectivity index (χ3v) is 3.92. The molecule has 0 spiro atoms. The summed E-state index contributed by atoms with van der Waals surface area (Å²) in [5.74, 6) is 0. The molecule has 0 aromatic heterocycles. The van der Waals surface area contributed by atoms with Gasteiger partial charge < -0.3 is 10.2 Å². The van der Waals surface area contributed by atoms with Crippen molar-refractivity contribution in [2.75, 3.05) is 19.0 Å². The second-order valence-corrected chi connectivity index (χ2v) is 5.19. The van der Waals surface area contributed by atoms with E-state index >= 15 is 0 Å². The highest BCUT2D eigenvalue weighted by molar-refractivity contribution is 5.65. The smallest absolute Gasteiger partial charge is 0.0437 e. The SMILES string of the molecule is CCC(NC)c1ccc(N(C)c2ccccc2C)cc1. The van der Waals surface area contributed by atoms with Crippen LogP contribution >= 0.6 is 0 Å². The molecule has 0 heterocycles. The predicted octanol–water partition coefficient (Wildman–Crippen LogP) is 4.43. The van der Waals surface area contributed by atoms with E-state index in [0.29, 0.717) is 6.04 Å². The molecule has 2 nitrogen and oxygen atoms in total. The molecule has 0 aliphatic rings. The Balaban J connectivity index is 2.24. The van der Waals surface area contributed by atoms with Crippen molar-refractivity contribution in [2.45, 2.75) is 26.3 Å². The normalized spacial score (nSPS) is 12.2. The number of hydrogen-bond donors (Lipinski definition) is 1. The lowest BCUT2D eigenvalue weighted by Crippen LogP contribution is -2.15. The van der Waals surface area contributed by atoms with E-state index < -0.39 is 0 Å². The van der Waals surface area contributed by atoms with Crippen molar-refractivity contribution in [3.8, 4) is 0 Å². The highest BCUT2D eigenvalue weighted by Crippen LogP contribution is 2.27. The molecule has 1 unspecified atom stereocenters. The molecule has 0 bridgehead atoms. The van der Waals surface area contributed by atoms with Crippen molar-refractivity contribution in [3.05, 3.63) is 59.7 Å². The van der Waals surface area contributed by atoms with E-state index in [4.69, 9.17) is 0 Å². The monoisotopic (exact) mass is 268 g/mol. The number of hydrogen-bond acceptors (Lipinski definition) is 2. The van der Waals surface area contributed by atoms with Gasteiger partial charge in [0.2, 0.25) is 0 Å². The van der Waals surface area contributed by atoms with Crippen LogP contribution in [-0.2, 0) is 0 Å². The summed E-state index contributed by atoms with van der Waals surface area (Å²) in [7, 11) is 4.13. The van der Waals surface area contributed by atoms with Gasteiger partial charge in [-0.1, -0.05) is 37.3 Å². The van der Waals surface area contributed by atoms with E-state index in [0.717, 1.165) is 6.42 Å². The zero-order chi connectivity index (χ0) is 14.5. The molecular formula is C18H24N2. The first-order chi connectivity index (χ1) is 9.67. The van der Waals surface area contributed by atoms with Crippen molar-refractivity contribution in [3.63, 3.8) is 0 Å². The summed E-state index contributed by atoms with van der Waals surface area (Å²) >= 11 is 0. The number of anilines is 2. The number of nitrogens with one attached hydrogen (secondary N) is 1. The van der Waals surface area contributed by atoms with Gasteiger partial charge in [0.1, 0.15) is 0 Å². The van der Waals surface area contributed by atoms with Crippen LogP contribution in [0.1, 0.15) is 30.5 Å². The topological polar surface area (TPSA) is 15.3 Å². The van der Waals surface area contributed by atoms with Crippen LogP contribution in [0.15, 0.2) is 48.5 Å². The van der Waals surface area contributed by atoms with Gasteiger partial charge in [0.25, 0.3) is 0 Å². The van der Waals surface area contributed by atoms with Crippen LogP contribution in [0.3, 0.4) is 0 Å². The van der Waals surface area contributed by atoms with Crippen molar-refractivity contribution in [1.82, 2.24) is 5.32 Å². The molecule has 0 aliphatic carbocycles. The Morgan fingerprint density at radius 3 is 2.25 bits per heavy atom. The molecule has 2 aromatic rings. The van der Waals surface area contributed by atoms with Crippen LogP contribution in [0.2, 0.25) is 0 Å². The molecule has 0 radical (unpaired) electrons. The van der Waals surface area contributed by atoms with Crippen LogP contribution in [0.4, 0.5) is 11.4 Å². The van der Waals surface area contributed by atoms with Gasteiger partial charge in [-0.2, -0.15) is 0 Å². The quantitative estimate of drug-likeness (QED) is 0.862. The lowest BCUT2D eigenvalue weighted by atomic mass is 10.0. The first kappa shape index (κ1) is 14.6. The molecule has 0 saturated carbocycles. The fourth-order valence-corrected chi connectivity index (χ4v) is 2.62. The van der Waals surface area contributed by atoms with Crippen molar-refractivity contribution < 1.29 is 0 Å². The first-order valence-electron chi connectivity index (χ1n) is 7.24. The summed E-state index contributed by atoms with van der Waals surface area (Å²) in [6.07, 6.45) is 1.10. The van der Waals surface area contributed by atoms with Crippen molar-refractivity contribution in [1.29, 1.82) is 0 Å². The Morgan fingerprint density at radius 2 is 1.70 bits per heavy atom. The Labute approximate surface area is 122 Å². The summed E-state index contributed by atoms with van der Waals surface area (Å²) in [4.78, 5) is 2.24. The molecule has 0 aliphatic heterocycles. The maximum Gasteiger partial charge on any atom is 0.0437 e. The van der Waals surface area contributed by atoms with E-state index in [-0.39, 0.29) is 0 Å². The number of benzene rings is 2. The second-order valence-electron chi connectivity index (χ2n) is 5.19. The minimum atomic E-state index is 0.438. The summed E-state index contributed by atoms with van der Waals surface area (Å²) in [6, 6.07) is 17.7. The van der Waals surface area contributed by atoms with Gasteiger partial charge in [-0.05, 0) is 49.7 Å². The predicted molar refractivity (Wildman–Crippen MR) is 87.8 cm³/mol. The van der Waals surface area contributed by atoms with Gasteiger partial charge in [-0.25, -0.2) is 0 Å². The van der Waals surface area contributed by atoms with E-state index in [2.05, 4.69) is 79.6 Å². The number of para-hydroxylation sites is 1. The molecule has 0 amide bonds. The summed E-state index contributed by atoms with van der Waals surface area (Å²) in [5.41, 5.74) is 5.10. The van der Waals surface area contributed by atoms with Gasteiger partial charge in [0.05, 0.1) is 0 Å². The van der Waals surface area contributed by atoms with E-state index in [1.54, 1.807) is 0 Å². The zero-order valence-electron chi connectivity index (χ0n) is 12.9. The third-order valence-electron chi connectivity index (χ3n) is 3.92. The highest BCUT2D eigenvalue weighted by Gasteiger charge is 2.09. The molecule has 106 valence electrons. The maximum absolute atomic E-state index is 3.34. The zero-order valence-corrected chi connectivity index (χ0v) is 12.9. The standard InChI is InChI=1S/C18H24N2/c1-5-17(19-3)15-10-12-16(13-11-15)20(4)18-9-7-6-8-14(18)2/h6-13,17,19H,5H2,1-4H3. The van der Waals surface area contributed by atoms with E-state index in [1.165, 1.54) is 22.5 Å². The maximum atomic E-state index is 3.34. The van der Waals surface area contributed by atoms with Gasteiger partial charge in [-0.15, -0.1) is 0 Å². The van der Waals surface area contributed by atoms with Gasteiger partial charge in [0.15, 0.2) is 0 Å². The van der Waals surface area contributed by atoms with Crippen molar-refractivity contribution >= 4 is 11.4 Å². The lowest BCUT2D eigenvalue weighted by Gasteiger charge is -2.22. The molecular weight excluding hydrogens is 244 g/mol. The molecule has 2 heteroatoms. The van der Waals surface area contributed by atoms with Crippen LogP contribution in [0, 0.1) is 6.92 Å². The second kappa shape index (κ2) is 6.58. The molecule has 1 N–H and O–H groups in total. The van der Waals surface area contributed by atoms with E-state index in [1.807, 2.05) is 7.05 Å². The lowest BCUT2D eigenvalue weighted by molar-refractivity contribution is 0.577. The average Bonchev–Trinajstić information content (AvgIpc) is 2.49. The molecule has 0 fully saturated rings. The Hall–Kier alpha value is -1.80. The third kappa shape index (κ3) is 3.02. The minimum absolute atomic E-state index is 0.438. The van der Waals surface area contributed by atoms with E-state index in [9.17, 15) is 0 Å². The molecule has 2 aromatic carbocycles. The van der Waals surface area contributed by atoms with Crippen LogP contribution in [0.25, 0.3) is 0 Å². The summed E-state index contributed by atoms with van der Waals surface area (Å²) in [5, 5.41) is 3.34. The van der Waals surface area contributed by atoms with Gasteiger partial charge in [-0.3, -0.25) is 0 Å². The Morgan fingerprint density at radius 1 is 1.05 bits per heavy atom. The Bertz CT molecular complexity index is 542. The van der Waals surface area contributed by atoms with Crippen molar-refractivity contribution in [2.24, 2.45) is 0 Å². The number of aryl methyl sites for hydroxylation is 1. The fraction of sp³-hybridized carbons (Fsp3) is 0.333. The molecule has 1 atom stereocenters. The molecule has 2 rings (SSSR count). The number of nitrogens with zero attached hydrogens (tertiary/aromatic N) is 1. The highest BCUT2D eigenvalue weighted by atomic mass is 15.1. The molecule has 0 saturated heterocycles. The summed E-state index contributed by atoms with van der Waals surface area (Å²) in [6.45, 7) is 4.35. The largest absolute Gasteiger partial charge is 0.344 e. The molecule has 20 heavy (non-hydrogen) atoms. The van der Waals surface area contributed by atoms with Crippen LogP contribution in [-0.4, -0.2) is 14.1 Å². The van der Waals surface area contributed by atoms with Crippen LogP contribution in [0.5, 0.6) is 0 Å². The number of rotatable bonds is 5.